The van der Waals surface area contributed by atoms with Gasteiger partial charge in [-0.05, 0) is 40.4 Å². The summed E-state index contributed by atoms with van der Waals surface area (Å²) < 4.78 is 1.17. The number of nitrogens with one attached hydrogen (secondary N) is 1. The zero-order valence-corrected chi connectivity index (χ0v) is 11.7. The summed E-state index contributed by atoms with van der Waals surface area (Å²) in [6.07, 6.45) is 1.12. The molecule has 0 amide bonds. The van der Waals surface area contributed by atoms with Gasteiger partial charge in [0.15, 0.2) is 0 Å². The van der Waals surface area contributed by atoms with Crippen LogP contribution in [0, 0.1) is 5.41 Å². The minimum absolute atomic E-state index is 0.231. The lowest BCUT2D eigenvalue weighted by Crippen LogP contribution is -2.37. The molecule has 86 valence electrons. The van der Waals surface area contributed by atoms with Crippen LogP contribution in [0.25, 0.3) is 0 Å². The minimum atomic E-state index is 0.231. The predicted molar refractivity (Wildman–Crippen MR) is 71.2 cm³/mol. The number of rotatable bonds is 6. The Morgan fingerprint density at radius 2 is 2.33 bits per heavy atom. The molecule has 0 bridgehead atoms. The normalized spacial score (nSPS) is 15.2. The molecule has 1 unspecified atom stereocenters. The van der Waals surface area contributed by atoms with Gasteiger partial charge in [0, 0.05) is 27.8 Å². The minimum Gasteiger partial charge on any atom is -0.330 e. The van der Waals surface area contributed by atoms with Gasteiger partial charge in [0.25, 0.3) is 0 Å². The second-order valence-corrected chi connectivity index (χ2v) is 6.11. The molecule has 0 aliphatic rings. The number of hydrogen-bond acceptors (Lipinski definition) is 3. The van der Waals surface area contributed by atoms with Crippen LogP contribution in [0.2, 0.25) is 0 Å². The van der Waals surface area contributed by atoms with Crippen molar-refractivity contribution in [2.75, 3.05) is 13.1 Å². The van der Waals surface area contributed by atoms with E-state index in [0.717, 1.165) is 26.1 Å². The molecular formula is C11H19BrN2S. The van der Waals surface area contributed by atoms with Crippen LogP contribution in [0.4, 0.5) is 0 Å². The van der Waals surface area contributed by atoms with E-state index in [9.17, 15) is 0 Å². The van der Waals surface area contributed by atoms with Crippen molar-refractivity contribution in [2.45, 2.75) is 26.8 Å². The van der Waals surface area contributed by atoms with E-state index in [1.807, 2.05) is 0 Å². The molecule has 4 heteroatoms. The molecule has 0 aliphatic carbocycles. The molecule has 3 N–H and O–H groups in total. The summed E-state index contributed by atoms with van der Waals surface area (Å²) in [5.41, 5.74) is 5.99. The fourth-order valence-corrected chi connectivity index (χ4v) is 2.70. The Morgan fingerprint density at radius 1 is 1.60 bits per heavy atom. The Kier molecular flexibility index (Phi) is 5.26. The van der Waals surface area contributed by atoms with Gasteiger partial charge < -0.3 is 11.1 Å². The zero-order valence-electron chi connectivity index (χ0n) is 9.35. The third kappa shape index (κ3) is 4.23. The molecule has 0 aromatic carbocycles. The van der Waals surface area contributed by atoms with Crippen LogP contribution in [0.3, 0.4) is 0 Å². The van der Waals surface area contributed by atoms with Gasteiger partial charge in [-0.25, -0.2) is 0 Å². The van der Waals surface area contributed by atoms with Gasteiger partial charge in [-0.1, -0.05) is 13.8 Å². The van der Waals surface area contributed by atoms with E-state index in [1.165, 1.54) is 9.35 Å². The van der Waals surface area contributed by atoms with E-state index in [2.05, 4.69) is 46.5 Å². The third-order valence-corrected chi connectivity index (χ3v) is 4.52. The first-order chi connectivity index (χ1) is 7.09. The molecule has 2 nitrogen and oxygen atoms in total. The molecule has 0 radical (unpaired) electrons. The topological polar surface area (TPSA) is 38.0 Å². The highest BCUT2D eigenvalue weighted by Crippen LogP contribution is 2.21. The van der Waals surface area contributed by atoms with Crippen LogP contribution < -0.4 is 11.1 Å². The van der Waals surface area contributed by atoms with Gasteiger partial charge in [-0.15, -0.1) is 11.3 Å². The Balaban J connectivity index is 2.32. The van der Waals surface area contributed by atoms with E-state index >= 15 is 0 Å². The highest BCUT2D eigenvalue weighted by atomic mass is 79.9. The summed E-state index contributed by atoms with van der Waals surface area (Å²) in [6.45, 7) is 7.08. The number of halogens is 1. The lowest BCUT2D eigenvalue weighted by atomic mass is 9.88. The van der Waals surface area contributed by atoms with Gasteiger partial charge in [-0.3, -0.25) is 0 Å². The average molecular weight is 291 g/mol. The molecular weight excluding hydrogens is 272 g/mol. The Bertz CT molecular complexity index is 295. The average Bonchev–Trinajstić information content (AvgIpc) is 2.64. The van der Waals surface area contributed by atoms with Crippen LogP contribution in [-0.4, -0.2) is 13.1 Å². The maximum Gasteiger partial charge on any atom is 0.0300 e. The van der Waals surface area contributed by atoms with Gasteiger partial charge in [0.05, 0.1) is 0 Å². The Hall–Kier alpha value is 0.1000. The highest BCUT2D eigenvalue weighted by Gasteiger charge is 2.19. The van der Waals surface area contributed by atoms with Crippen molar-refractivity contribution in [3.05, 3.63) is 20.8 Å². The van der Waals surface area contributed by atoms with Crippen LogP contribution in [0.5, 0.6) is 0 Å². The van der Waals surface area contributed by atoms with Crippen molar-refractivity contribution in [1.82, 2.24) is 5.32 Å². The summed E-state index contributed by atoms with van der Waals surface area (Å²) >= 11 is 5.23. The summed E-state index contributed by atoms with van der Waals surface area (Å²) in [5, 5.41) is 5.58. The molecule has 15 heavy (non-hydrogen) atoms. The van der Waals surface area contributed by atoms with Crippen molar-refractivity contribution < 1.29 is 0 Å². The fourth-order valence-electron chi connectivity index (χ4n) is 1.28. The van der Waals surface area contributed by atoms with Crippen molar-refractivity contribution in [1.29, 1.82) is 0 Å². The van der Waals surface area contributed by atoms with Crippen LogP contribution in [-0.2, 0) is 6.54 Å². The highest BCUT2D eigenvalue weighted by molar-refractivity contribution is 9.10. The van der Waals surface area contributed by atoms with E-state index in [1.54, 1.807) is 11.3 Å². The molecule has 0 aliphatic heterocycles. The van der Waals surface area contributed by atoms with E-state index in [4.69, 9.17) is 5.73 Å². The quantitative estimate of drug-likeness (QED) is 0.845. The van der Waals surface area contributed by atoms with Crippen molar-refractivity contribution in [3.8, 4) is 0 Å². The first-order valence-corrected chi connectivity index (χ1v) is 6.90. The van der Waals surface area contributed by atoms with Gasteiger partial charge >= 0.3 is 0 Å². The molecule has 0 saturated carbocycles. The smallest absolute Gasteiger partial charge is 0.0300 e. The molecule has 0 fully saturated rings. The van der Waals surface area contributed by atoms with Crippen molar-refractivity contribution in [2.24, 2.45) is 11.1 Å². The molecule has 1 aromatic heterocycles. The van der Waals surface area contributed by atoms with Gasteiger partial charge in [-0.2, -0.15) is 0 Å². The van der Waals surface area contributed by atoms with Crippen molar-refractivity contribution in [3.63, 3.8) is 0 Å². The molecule has 0 spiro atoms. The first-order valence-electron chi connectivity index (χ1n) is 5.23. The summed E-state index contributed by atoms with van der Waals surface area (Å²) in [7, 11) is 0. The number of hydrogen-bond donors (Lipinski definition) is 2. The van der Waals surface area contributed by atoms with Crippen LogP contribution in [0.15, 0.2) is 15.9 Å². The second-order valence-electron chi connectivity index (χ2n) is 4.20. The van der Waals surface area contributed by atoms with Gasteiger partial charge in [0.1, 0.15) is 0 Å². The van der Waals surface area contributed by atoms with E-state index < -0.39 is 0 Å². The lowest BCUT2D eigenvalue weighted by molar-refractivity contribution is 0.303. The third-order valence-electron chi connectivity index (χ3n) is 2.82. The number of thiophene rings is 1. The Morgan fingerprint density at radius 3 is 2.80 bits per heavy atom. The van der Waals surface area contributed by atoms with Crippen molar-refractivity contribution >= 4 is 27.3 Å². The fraction of sp³-hybridized carbons (Fsp3) is 0.636. The zero-order chi connectivity index (χ0) is 11.3. The molecule has 1 aromatic rings. The monoisotopic (exact) mass is 290 g/mol. The first kappa shape index (κ1) is 13.2. The predicted octanol–water partition coefficient (Wildman–Crippen LogP) is 2.98. The lowest BCUT2D eigenvalue weighted by Gasteiger charge is -2.26. The Labute approximate surface area is 104 Å². The molecule has 1 heterocycles. The largest absolute Gasteiger partial charge is 0.330 e. The molecule has 1 rings (SSSR count). The summed E-state index contributed by atoms with van der Waals surface area (Å²) in [6, 6.07) is 2.16. The van der Waals surface area contributed by atoms with E-state index in [-0.39, 0.29) is 5.41 Å². The standard InChI is InChI=1S/C11H19BrN2S/c1-3-11(2,7-13)8-14-5-10-4-9(12)6-15-10/h4,6,14H,3,5,7-8,13H2,1-2H3. The maximum absolute atomic E-state index is 5.76. The summed E-state index contributed by atoms with van der Waals surface area (Å²) in [5.74, 6) is 0. The SMILES string of the molecule is CCC(C)(CN)CNCc1cc(Br)cs1. The van der Waals surface area contributed by atoms with E-state index in [0.29, 0.717) is 0 Å². The molecule has 1 atom stereocenters. The number of nitrogens with two attached hydrogens (primary N) is 1. The molecule has 0 saturated heterocycles. The van der Waals surface area contributed by atoms with Crippen LogP contribution >= 0.6 is 27.3 Å². The maximum atomic E-state index is 5.76. The van der Waals surface area contributed by atoms with Gasteiger partial charge in [0.2, 0.25) is 0 Å². The summed E-state index contributed by atoms with van der Waals surface area (Å²) in [4.78, 5) is 1.36. The second kappa shape index (κ2) is 5.99. The van der Waals surface area contributed by atoms with Crippen LogP contribution in [0.1, 0.15) is 25.1 Å².